The molecular formula is C12H20N2O3S. The van der Waals surface area contributed by atoms with Gasteiger partial charge in [-0.25, -0.2) is 13.1 Å². The topological polar surface area (TPSA) is 71.3 Å². The van der Waals surface area contributed by atoms with E-state index in [-0.39, 0.29) is 10.6 Å². The molecule has 1 fully saturated rings. The van der Waals surface area contributed by atoms with Crippen LogP contribution >= 0.6 is 0 Å². The van der Waals surface area contributed by atoms with Crippen molar-refractivity contribution < 1.29 is 12.8 Å². The highest BCUT2D eigenvalue weighted by molar-refractivity contribution is 7.89. The Morgan fingerprint density at radius 2 is 2.00 bits per heavy atom. The average molecular weight is 272 g/mol. The van der Waals surface area contributed by atoms with E-state index in [0.717, 1.165) is 12.8 Å². The molecule has 0 unspecified atom stereocenters. The first-order valence-electron chi connectivity index (χ1n) is 6.22. The van der Waals surface area contributed by atoms with Crippen molar-refractivity contribution in [3.8, 4) is 0 Å². The molecular weight excluding hydrogens is 252 g/mol. The van der Waals surface area contributed by atoms with E-state index in [4.69, 9.17) is 4.42 Å². The Morgan fingerprint density at radius 1 is 1.33 bits per heavy atom. The van der Waals surface area contributed by atoms with Crippen molar-refractivity contribution in [3.05, 3.63) is 17.9 Å². The van der Waals surface area contributed by atoms with Gasteiger partial charge in [-0.2, -0.15) is 0 Å². The molecule has 1 saturated carbocycles. The van der Waals surface area contributed by atoms with E-state index in [2.05, 4.69) is 17.0 Å². The van der Waals surface area contributed by atoms with Crippen molar-refractivity contribution >= 4 is 10.0 Å². The minimum Gasteiger partial charge on any atom is -0.447 e. The lowest BCUT2D eigenvalue weighted by Crippen LogP contribution is -2.38. The first kappa shape index (κ1) is 13.6. The van der Waals surface area contributed by atoms with Gasteiger partial charge in [-0.1, -0.05) is 12.8 Å². The normalized spacial score (nSPS) is 19.2. The zero-order chi connectivity index (χ0) is 13.2. The summed E-state index contributed by atoms with van der Waals surface area (Å²) in [6.07, 6.45) is 4.83. The highest BCUT2D eigenvalue weighted by atomic mass is 32.2. The summed E-state index contributed by atoms with van der Waals surface area (Å²) >= 11 is 0. The van der Waals surface area contributed by atoms with E-state index in [1.807, 2.05) is 0 Å². The molecule has 1 aromatic rings. The molecule has 1 aliphatic carbocycles. The van der Waals surface area contributed by atoms with Crippen LogP contribution in [0.1, 0.15) is 38.4 Å². The van der Waals surface area contributed by atoms with Crippen molar-refractivity contribution in [2.45, 2.75) is 49.8 Å². The van der Waals surface area contributed by atoms with Gasteiger partial charge in [0.15, 0.2) is 0 Å². The van der Waals surface area contributed by atoms with E-state index in [1.54, 1.807) is 6.07 Å². The molecule has 18 heavy (non-hydrogen) atoms. The highest BCUT2D eigenvalue weighted by Gasteiger charge is 2.28. The Kier molecular flexibility index (Phi) is 3.79. The molecule has 102 valence electrons. The number of furan rings is 1. The molecule has 0 aliphatic heterocycles. The number of hydrogen-bond donors (Lipinski definition) is 2. The fraction of sp³-hybridized carbons (Fsp3) is 0.667. The summed E-state index contributed by atoms with van der Waals surface area (Å²) in [6, 6.07) is 3.19. The molecule has 0 bridgehead atoms. The zero-order valence-electron chi connectivity index (χ0n) is 10.8. The van der Waals surface area contributed by atoms with Crippen LogP contribution < -0.4 is 10.0 Å². The molecule has 1 aromatic heterocycles. The van der Waals surface area contributed by atoms with Crippen LogP contribution in [-0.4, -0.2) is 21.0 Å². The lowest BCUT2D eigenvalue weighted by Gasteiger charge is -2.24. The van der Waals surface area contributed by atoms with E-state index in [9.17, 15) is 8.42 Å². The second kappa shape index (κ2) is 5.03. The maximum atomic E-state index is 11.5. The van der Waals surface area contributed by atoms with Gasteiger partial charge in [-0.15, -0.1) is 0 Å². The van der Waals surface area contributed by atoms with Crippen LogP contribution in [0.4, 0.5) is 0 Å². The van der Waals surface area contributed by atoms with Gasteiger partial charge >= 0.3 is 0 Å². The standard InChI is InChI=1S/C12H20N2O3S/c1-12(7-3-4-8-12)14-9-10-5-6-11(17-10)18(15,16)13-2/h5-6,13-14H,3-4,7-9H2,1-2H3. The van der Waals surface area contributed by atoms with Crippen LogP contribution in [0.3, 0.4) is 0 Å². The third kappa shape index (κ3) is 2.93. The van der Waals surface area contributed by atoms with Crippen LogP contribution in [0.25, 0.3) is 0 Å². The minimum absolute atomic E-state index is 0.0293. The molecule has 0 saturated heterocycles. The Labute approximate surface area is 108 Å². The van der Waals surface area contributed by atoms with E-state index in [0.29, 0.717) is 12.3 Å². The summed E-state index contributed by atoms with van der Waals surface area (Å²) in [5, 5.41) is 3.42. The first-order valence-corrected chi connectivity index (χ1v) is 7.71. The van der Waals surface area contributed by atoms with Crippen molar-refractivity contribution in [2.75, 3.05) is 7.05 Å². The summed E-state index contributed by atoms with van der Waals surface area (Å²) < 4.78 is 30.6. The fourth-order valence-corrected chi connectivity index (χ4v) is 3.00. The molecule has 0 amide bonds. The smallest absolute Gasteiger partial charge is 0.273 e. The SMILES string of the molecule is CNS(=O)(=O)c1ccc(CNC2(C)CCCC2)o1. The number of rotatable bonds is 5. The second-order valence-corrected chi connectivity index (χ2v) is 6.87. The quantitative estimate of drug-likeness (QED) is 0.854. The monoisotopic (exact) mass is 272 g/mol. The Hall–Kier alpha value is -0.850. The highest BCUT2D eigenvalue weighted by Crippen LogP contribution is 2.29. The van der Waals surface area contributed by atoms with Gasteiger partial charge in [0.25, 0.3) is 10.0 Å². The van der Waals surface area contributed by atoms with E-state index in [1.165, 1.54) is 26.0 Å². The predicted octanol–water partition coefficient (Wildman–Crippen LogP) is 1.61. The number of hydrogen-bond acceptors (Lipinski definition) is 4. The summed E-state index contributed by atoms with van der Waals surface area (Å²) in [7, 11) is -2.10. The third-order valence-corrected chi connectivity index (χ3v) is 4.85. The van der Waals surface area contributed by atoms with E-state index >= 15 is 0 Å². The molecule has 0 aromatic carbocycles. The molecule has 2 rings (SSSR count). The van der Waals surface area contributed by atoms with E-state index < -0.39 is 10.0 Å². The predicted molar refractivity (Wildman–Crippen MR) is 68.7 cm³/mol. The maximum absolute atomic E-state index is 11.5. The summed E-state index contributed by atoms with van der Waals surface area (Å²) in [5.74, 6) is 0.650. The molecule has 0 spiro atoms. The fourth-order valence-electron chi connectivity index (χ4n) is 2.33. The largest absolute Gasteiger partial charge is 0.447 e. The molecule has 6 heteroatoms. The van der Waals surface area contributed by atoms with Crippen LogP contribution in [-0.2, 0) is 16.6 Å². The van der Waals surface area contributed by atoms with Gasteiger partial charge in [0, 0.05) is 5.54 Å². The lowest BCUT2D eigenvalue weighted by atomic mass is 10.0. The Morgan fingerprint density at radius 3 is 2.61 bits per heavy atom. The number of sulfonamides is 1. The van der Waals surface area contributed by atoms with Gasteiger partial charge < -0.3 is 9.73 Å². The second-order valence-electron chi connectivity index (χ2n) is 5.05. The van der Waals surface area contributed by atoms with Crippen LogP contribution in [0.2, 0.25) is 0 Å². The van der Waals surface area contributed by atoms with Gasteiger partial charge in [-0.05, 0) is 38.9 Å². The minimum atomic E-state index is -3.47. The molecule has 0 radical (unpaired) electrons. The Balaban J connectivity index is 1.99. The average Bonchev–Trinajstić information content (AvgIpc) is 2.96. The molecule has 0 atom stereocenters. The lowest BCUT2D eigenvalue weighted by molar-refractivity contribution is 0.328. The van der Waals surface area contributed by atoms with Crippen LogP contribution in [0.5, 0.6) is 0 Å². The van der Waals surface area contributed by atoms with Crippen molar-refractivity contribution in [3.63, 3.8) is 0 Å². The molecule has 1 aliphatic rings. The molecule has 5 nitrogen and oxygen atoms in total. The zero-order valence-corrected chi connectivity index (χ0v) is 11.6. The van der Waals surface area contributed by atoms with Crippen molar-refractivity contribution in [1.29, 1.82) is 0 Å². The summed E-state index contributed by atoms with van der Waals surface area (Å²) in [4.78, 5) is 0. The Bertz CT molecular complexity index is 501. The van der Waals surface area contributed by atoms with Gasteiger partial charge in [0.2, 0.25) is 5.09 Å². The van der Waals surface area contributed by atoms with Gasteiger partial charge in [-0.3, -0.25) is 0 Å². The first-order chi connectivity index (χ1) is 8.45. The van der Waals surface area contributed by atoms with Crippen LogP contribution in [0.15, 0.2) is 21.6 Å². The van der Waals surface area contributed by atoms with Crippen molar-refractivity contribution in [2.24, 2.45) is 0 Å². The third-order valence-electron chi connectivity index (χ3n) is 3.57. The molecule has 1 heterocycles. The van der Waals surface area contributed by atoms with Crippen molar-refractivity contribution in [1.82, 2.24) is 10.0 Å². The molecule has 2 N–H and O–H groups in total. The van der Waals surface area contributed by atoms with Gasteiger partial charge in [0.1, 0.15) is 5.76 Å². The maximum Gasteiger partial charge on any atom is 0.273 e. The summed E-state index contributed by atoms with van der Waals surface area (Å²) in [5.41, 5.74) is 0.162. The van der Waals surface area contributed by atoms with Crippen LogP contribution in [0, 0.1) is 0 Å². The summed E-state index contributed by atoms with van der Waals surface area (Å²) in [6.45, 7) is 2.77. The van der Waals surface area contributed by atoms with Gasteiger partial charge in [0.05, 0.1) is 6.54 Å². The number of nitrogens with one attached hydrogen (secondary N) is 2.